The summed E-state index contributed by atoms with van der Waals surface area (Å²) in [4.78, 5) is 12.3. The highest BCUT2D eigenvalue weighted by Gasteiger charge is 2.31. The molecule has 1 aliphatic rings. The quantitative estimate of drug-likeness (QED) is 0.634. The summed E-state index contributed by atoms with van der Waals surface area (Å²) in [6, 6.07) is 0. The Kier molecular flexibility index (Phi) is 4.01. The first kappa shape index (κ1) is 14.2. The van der Waals surface area contributed by atoms with Gasteiger partial charge < -0.3 is 0 Å². The molecule has 0 radical (unpaired) electrons. The standard InChI is InChI=1S/C16H26O/c1-12-8-7-10-16(5,6)14(12)13(17)9-11-15(2,3)4/h9,11H,7-8,10H2,1-6H3. The van der Waals surface area contributed by atoms with Gasteiger partial charge in [-0.3, -0.25) is 4.79 Å². The maximum Gasteiger partial charge on any atom is 0.182 e. The van der Waals surface area contributed by atoms with E-state index < -0.39 is 0 Å². The lowest BCUT2D eigenvalue weighted by Gasteiger charge is -2.33. The molecule has 0 aromatic carbocycles. The van der Waals surface area contributed by atoms with Crippen LogP contribution in [0.1, 0.15) is 60.8 Å². The lowest BCUT2D eigenvalue weighted by atomic mass is 9.71. The van der Waals surface area contributed by atoms with Crippen LogP contribution in [-0.4, -0.2) is 5.78 Å². The van der Waals surface area contributed by atoms with Gasteiger partial charge in [-0.25, -0.2) is 0 Å². The normalized spacial score (nSPS) is 21.1. The first-order chi connectivity index (χ1) is 7.63. The Morgan fingerprint density at radius 2 is 1.88 bits per heavy atom. The predicted octanol–water partition coefficient (Wildman–Crippen LogP) is 4.68. The van der Waals surface area contributed by atoms with Crippen LogP contribution in [0, 0.1) is 10.8 Å². The summed E-state index contributed by atoms with van der Waals surface area (Å²) in [7, 11) is 0. The van der Waals surface area contributed by atoms with Crippen molar-refractivity contribution >= 4 is 5.78 Å². The van der Waals surface area contributed by atoms with Crippen LogP contribution in [-0.2, 0) is 4.79 Å². The number of hydrogen-bond acceptors (Lipinski definition) is 1. The molecular formula is C16H26O. The van der Waals surface area contributed by atoms with E-state index in [2.05, 4.69) is 41.5 Å². The number of carbonyl (C=O) groups excluding carboxylic acids is 1. The molecule has 1 aliphatic carbocycles. The zero-order valence-corrected chi connectivity index (χ0v) is 12.2. The predicted molar refractivity (Wildman–Crippen MR) is 73.9 cm³/mol. The van der Waals surface area contributed by atoms with Crippen molar-refractivity contribution in [2.24, 2.45) is 10.8 Å². The average molecular weight is 234 g/mol. The van der Waals surface area contributed by atoms with Crippen molar-refractivity contribution in [2.75, 3.05) is 0 Å². The molecule has 0 saturated heterocycles. The second-order valence-corrected chi connectivity index (χ2v) is 6.96. The zero-order valence-electron chi connectivity index (χ0n) is 12.2. The first-order valence-corrected chi connectivity index (χ1v) is 6.57. The van der Waals surface area contributed by atoms with Gasteiger partial charge in [0.15, 0.2) is 5.78 Å². The summed E-state index contributed by atoms with van der Waals surface area (Å²) in [6.45, 7) is 12.8. The molecule has 0 aliphatic heterocycles. The fourth-order valence-corrected chi connectivity index (χ4v) is 2.58. The zero-order chi connectivity index (χ0) is 13.3. The van der Waals surface area contributed by atoms with Crippen LogP contribution in [0.25, 0.3) is 0 Å². The Morgan fingerprint density at radius 1 is 1.29 bits per heavy atom. The molecule has 0 fully saturated rings. The van der Waals surface area contributed by atoms with Crippen molar-refractivity contribution in [1.82, 2.24) is 0 Å². The van der Waals surface area contributed by atoms with Gasteiger partial charge in [0.2, 0.25) is 0 Å². The van der Waals surface area contributed by atoms with E-state index in [9.17, 15) is 4.79 Å². The van der Waals surface area contributed by atoms with Crippen LogP contribution in [0.5, 0.6) is 0 Å². The Morgan fingerprint density at radius 3 is 2.35 bits per heavy atom. The van der Waals surface area contributed by atoms with E-state index in [1.807, 2.05) is 6.08 Å². The summed E-state index contributed by atoms with van der Waals surface area (Å²) in [5, 5.41) is 0. The van der Waals surface area contributed by atoms with Crippen LogP contribution in [0.15, 0.2) is 23.3 Å². The van der Waals surface area contributed by atoms with E-state index in [0.717, 1.165) is 18.4 Å². The minimum atomic E-state index is 0.0433. The van der Waals surface area contributed by atoms with Gasteiger partial charge >= 0.3 is 0 Å². The molecule has 0 heterocycles. The van der Waals surface area contributed by atoms with Crippen LogP contribution < -0.4 is 0 Å². The van der Waals surface area contributed by atoms with Gasteiger partial charge in [0.25, 0.3) is 0 Å². The van der Waals surface area contributed by atoms with Crippen molar-refractivity contribution in [3.8, 4) is 0 Å². The SMILES string of the molecule is CC1=C(C(=O)C=CC(C)(C)C)C(C)(C)CCC1. The third-order valence-corrected chi connectivity index (χ3v) is 3.44. The average Bonchev–Trinajstić information content (AvgIpc) is 2.12. The van der Waals surface area contributed by atoms with E-state index in [1.165, 1.54) is 12.0 Å². The fourth-order valence-electron chi connectivity index (χ4n) is 2.58. The molecule has 0 spiro atoms. The summed E-state index contributed by atoms with van der Waals surface area (Å²) >= 11 is 0. The molecule has 0 saturated carbocycles. The van der Waals surface area contributed by atoms with Gasteiger partial charge in [-0.05, 0) is 43.1 Å². The second kappa shape index (κ2) is 4.80. The van der Waals surface area contributed by atoms with Crippen LogP contribution >= 0.6 is 0 Å². The Labute approximate surface area is 106 Å². The van der Waals surface area contributed by atoms with Crippen molar-refractivity contribution < 1.29 is 4.79 Å². The minimum Gasteiger partial charge on any atom is -0.290 e. The molecule has 0 aromatic heterocycles. The van der Waals surface area contributed by atoms with Gasteiger partial charge in [-0.15, -0.1) is 0 Å². The smallest absolute Gasteiger partial charge is 0.182 e. The topological polar surface area (TPSA) is 17.1 Å². The lowest BCUT2D eigenvalue weighted by Crippen LogP contribution is -2.25. The van der Waals surface area contributed by atoms with Gasteiger partial charge in [0.05, 0.1) is 0 Å². The lowest BCUT2D eigenvalue weighted by molar-refractivity contribution is -0.112. The van der Waals surface area contributed by atoms with Gasteiger partial charge in [-0.1, -0.05) is 46.3 Å². The largest absolute Gasteiger partial charge is 0.290 e. The molecule has 96 valence electrons. The highest BCUT2D eigenvalue weighted by Crippen LogP contribution is 2.40. The van der Waals surface area contributed by atoms with Crippen molar-refractivity contribution in [3.05, 3.63) is 23.3 Å². The van der Waals surface area contributed by atoms with Crippen molar-refractivity contribution in [2.45, 2.75) is 60.8 Å². The number of ketones is 1. The molecule has 1 heteroatoms. The highest BCUT2D eigenvalue weighted by atomic mass is 16.1. The Bertz CT molecular complexity index is 361. The summed E-state index contributed by atoms with van der Waals surface area (Å²) < 4.78 is 0. The van der Waals surface area contributed by atoms with Crippen LogP contribution in [0.2, 0.25) is 0 Å². The van der Waals surface area contributed by atoms with Crippen LogP contribution in [0.4, 0.5) is 0 Å². The van der Waals surface area contributed by atoms with E-state index in [1.54, 1.807) is 6.08 Å². The number of carbonyl (C=O) groups is 1. The molecule has 1 nitrogen and oxygen atoms in total. The molecular weight excluding hydrogens is 208 g/mol. The summed E-state index contributed by atoms with van der Waals surface area (Å²) in [5.41, 5.74) is 2.44. The second-order valence-electron chi connectivity index (χ2n) is 6.96. The highest BCUT2D eigenvalue weighted by molar-refractivity contribution is 6.05. The van der Waals surface area contributed by atoms with Crippen LogP contribution in [0.3, 0.4) is 0 Å². The first-order valence-electron chi connectivity index (χ1n) is 6.57. The molecule has 0 aromatic rings. The molecule has 0 bridgehead atoms. The van der Waals surface area contributed by atoms with Crippen molar-refractivity contribution in [3.63, 3.8) is 0 Å². The summed E-state index contributed by atoms with van der Waals surface area (Å²) in [5.74, 6) is 0.210. The summed E-state index contributed by atoms with van der Waals surface area (Å²) in [6.07, 6.45) is 7.19. The maximum atomic E-state index is 12.3. The monoisotopic (exact) mass is 234 g/mol. The number of rotatable bonds is 2. The van der Waals surface area contributed by atoms with Gasteiger partial charge in [0, 0.05) is 5.57 Å². The minimum absolute atomic E-state index is 0.0433. The third kappa shape index (κ3) is 3.83. The molecule has 0 N–H and O–H groups in total. The van der Waals surface area contributed by atoms with Crippen molar-refractivity contribution in [1.29, 1.82) is 0 Å². The Balaban J connectivity index is 2.98. The molecule has 17 heavy (non-hydrogen) atoms. The van der Waals surface area contributed by atoms with E-state index in [-0.39, 0.29) is 16.6 Å². The molecule has 0 unspecified atom stereocenters. The number of allylic oxidation sites excluding steroid dienone is 4. The fraction of sp³-hybridized carbons (Fsp3) is 0.688. The molecule has 0 amide bonds. The van der Waals surface area contributed by atoms with E-state index in [0.29, 0.717) is 0 Å². The Hall–Kier alpha value is -0.850. The molecule has 0 atom stereocenters. The van der Waals surface area contributed by atoms with Gasteiger partial charge in [-0.2, -0.15) is 0 Å². The number of hydrogen-bond donors (Lipinski definition) is 0. The van der Waals surface area contributed by atoms with Gasteiger partial charge in [0.1, 0.15) is 0 Å². The molecule has 1 rings (SSSR count). The maximum absolute atomic E-state index is 12.3. The third-order valence-electron chi connectivity index (χ3n) is 3.44. The van der Waals surface area contributed by atoms with E-state index >= 15 is 0 Å². The van der Waals surface area contributed by atoms with E-state index in [4.69, 9.17) is 0 Å².